The van der Waals surface area contributed by atoms with E-state index in [2.05, 4.69) is 10.1 Å². The zero-order chi connectivity index (χ0) is 13.5. The number of ether oxygens (including phenoxy) is 1. The number of halogens is 2. The minimum Gasteiger partial charge on any atom is -0.434 e. The van der Waals surface area contributed by atoms with Crippen LogP contribution in [0.1, 0.15) is 23.7 Å². The average molecular weight is 254 g/mol. The van der Waals surface area contributed by atoms with Crippen molar-refractivity contribution in [1.29, 1.82) is 5.26 Å². The third-order valence-electron chi connectivity index (χ3n) is 2.12. The van der Waals surface area contributed by atoms with E-state index in [-0.39, 0.29) is 23.8 Å². The van der Waals surface area contributed by atoms with E-state index in [9.17, 15) is 13.6 Å². The first-order valence-electron chi connectivity index (χ1n) is 5.26. The highest BCUT2D eigenvalue weighted by molar-refractivity contribution is 5.97. The van der Waals surface area contributed by atoms with Gasteiger partial charge in [0.25, 0.3) is 5.91 Å². The second-order valence-corrected chi connectivity index (χ2v) is 3.61. The van der Waals surface area contributed by atoms with Crippen molar-refractivity contribution in [3.8, 4) is 11.8 Å². The van der Waals surface area contributed by atoms with Crippen molar-refractivity contribution < 1.29 is 18.3 Å². The van der Waals surface area contributed by atoms with E-state index in [1.165, 1.54) is 18.2 Å². The number of hydrogen-bond donors (Lipinski definition) is 1. The summed E-state index contributed by atoms with van der Waals surface area (Å²) in [6.07, 6.45) is 0.142. The molecule has 1 atom stereocenters. The Morgan fingerprint density at radius 1 is 1.50 bits per heavy atom. The smallest absolute Gasteiger partial charge is 0.387 e. The van der Waals surface area contributed by atoms with Gasteiger partial charge in [0.1, 0.15) is 5.75 Å². The normalized spacial score (nSPS) is 11.7. The van der Waals surface area contributed by atoms with Crippen LogP contribution in [0, 0.1) is 11.3 Å². The molecule has 0 aliphatic carbocycles. The zero-order valence-corrected chi connectivity index (χ0v) is 9.69. The molecule has 0 saturated heterocycles. The van der Waals surface area contributed by atoms with Gasteiger partial charge in [-0.1, -0.05) is 12.1 Å². The molecule has 1 rings (SSSR count). The summed E-state index contributed by atoms with van der Waals surface area (Å²) in [5.41, 5.74) is 0.0163. The van der Waals surface area contributed by atoms with E-state index in [0.717, 1.165) is 0 Å². The Kier molecular flexibility index (Phi) is 5.06. The number of carbonyl (C=O) groups excluding carboxylic acids is 1. The molecular formula is C12H12F2N2O2. The lowest BCUT2D eigenvalue weighted by Crippen LogP contribution is -2.32. The Morgan fingerprint density at radius 3 is 2.78 bits per heavy atom. The van der Waals surface area contributed by atoms with E-state index in [1.54, 1.807) is 13.0 Å². The van der Waals surface area contributed by atoms with Crippen LogP contribution in [0.3, 0.4) is 0 Å². The van der Waals surface area contributed by atoms with Crippen LogP contribution in [0.5, 0.6) is 5.75 Å². The third-order valence-corrected chi connectivity index (χ3v) is 2.12. The highest BCUT2D eigenvalue weighted by Gasteiger charge is 2.16. The van der Waals surface area contributed by atoms with Crippen molar-refractivity contribution in [3.63, 3.8) is 0 Å². The summed E-state index contributed by atoms with van der Waals surface area (Å²) in [6.45, 7) is -1.34. The van der Waals surface area contributed by atoms with E-state index < -0.39 is 12.5 Å². The van der Waals surface area contributed by atoms with E-state index in [4.69, 9.17) is 5.26 Å². The number of alkyl halides is 2. The van der Waals surface area contributed by atoms with Gasteiger partial charge in [0.2, 0.25) is 0 Å². The Labute approximate surface area is 103 Å². The molecule has 1 amide bonds. The van der Waals surface area contributed by atoms with Crippen molar-refractivity contribution in [2.75, 3.05) is 0 Å². The van der Waals surface area contributed by atoms with Crippen LogP contribution in [-0.4, -0.2) is 18.6 Å². The van der Waals surface area contributed by atoms with Crippen LogP contribution < -0.4 is 10.1 Å². The highest BCUT2D eigenvalue weighted by atomic mass is 19.3. The SMILES string of the molecule is CC(CC#N)NC(=O)c1ccccc1OC(F)F. The van der Waals surface area contributed by atoms with E-state index in [1.807, 2.05) is 6.07 Å². The summed E-state index contributed by atoms with van der Waals surface area (Å²) < 4.78 is 28.5. The van der Waals surface area contributed by atoms with Crippen LogP contribution in [0.25, 0.3) is 0 Å². The molecule has 0 bridgehead atoms. The van der Waals surface area contributed by atoms with Crippen LogP contribution in [0.15, 0.2) is 24.3 Å². The Morgan fingerprint density at radius 2 is 2.17 bits per heavy atom. The molecule has 0 radical (unpaired) electrons. The molecule has 0 heterocycles. The number of nitriles is 1. The summed E-state index contributed by atoms with van der Waals surface area (Å²) in [5, 5.41) is 11.0. The van der Waals surface area contributed by atoms with E-state index >= 15 is 0 Å². The minimum absolute atomic E-state index is 0.0163. The second-order valence-electron chi connectivity index (χ2n) is 3.61. The molecule has 96 valence electrons. The lowest BCUT2D eigenvalue weighted by molar-refractivity contribution is -0.0501. The molecule has 1 unspecified atom stereocenters. The summed E-state index contributed by atoms with van der Waals surface area (Å²) in [7, 11) is 0. The van der Waals surface area contributed by atoms with Gasteiger partial charge >= 0.3 is 6.61 Å². The quantitative estimate of drug-likeness (QED) is 0.877. The molecule has 1 aromatic carbocycles. The first-order valence-corrected chi connectivity index (χ1v) is 5.26. The predicted molar refractivity (Wildman–Crippen MR) is 60.2 cm³/mol. The van der Waals surface area contributed by atoms with Crippen LogP contribution >= 0.6 is 0 Å². The number of amides is 1. The summed E-state index contributed by atoms with van der Waals surface area (Å²) in [6, 6.07) is 7.25. The fourth-order valence-electron chi connectivity index (χ4n) is 1.34. The Hall–Kier alpha value is -2.16. The maximum absolute atomic E-state index is 12.2. The maximum atomic E-state index is 12.2. The molecular weight excluding hydrogens is 242 g/mol. The number of rotatable bonds is 5. The molecule has 0 spiro atoms. The number of carbonyl (C=O) groups is 1. The van der Waals surface area contributed by atoms with Gasteiger partial charge in [-0.05, 0) is 19.1 Å². The number of nitrogens with one attached hydrogen (secondary N) is 1. The molecule has 4 nitrogen and oxygen atoms in total. The maximum Gasteiger partial charge on any atom is 0.387 e. The molecule has 1 N–H and O–H groups in total. The van der Waals surface area contributed by atoms with Crippen molar-refractivity contribution >= 4 is 5.91 Å². The lowest BCUT2D eigenvalue weighted by Gasteiger charge is -2.13. The fourth-order valence-corrected chi connectivity index (χ4v) is 1.34. The first-order chi connectivity index (χ1) is 8.54. The highest BCUT2D eigenvalue weighted by Crippen LogP contribution is 2.20. The Bertz CT molecular complexity index is 458. The molecule has 1 aromatic rings. The molecule has 0 aliphatic rings. The van der Waals surface area contributed by atoms with Crippen LogP contribution in [0.2, 0.25) is 0 Å². The van der Waals surface area contributed by atoms with Gasteiger partial charge in [0, 0.05) is 6.04 Å². The number of nitrogens with zero attached hydrogens (tertiary/aromatic N) is 1. The molecule has 0 fully saturated rings. The van der Waals surface area contributed by atoms with Gasteiger partial charge < -0.3 is 10.1 Å². The monoisotopic (exact) mass is 254 g/mol. The average Bonchev–Trinajstić information content (AvgIpc) is 2.28. The molecule has 0 aliphatic heterocycles. The zero-order valence-electron chi connectivity index (χ0n) is 9.69. The topological polar surface area (TPSA) is 62.1 Å². The van der Waals surface area contributed by atoms with Gasteiger partial charge in [-0.15, -0.1) is 0 Å². The molecule has 6 heteroatoms. The van der Waals surface area contributed by atoms with Crippen molar-refractivity contribution in [1.82, 2.24) is 5.32 Å². The summed E-state index contributed by atoms with van der Waals surface area (Å²) in [5.74, 6) is -0.733. The first kappa shape index (κ1) is 13.9. The van der Waals surface area contributed by atoms with Crippen molar-refractivity contribution in [2.45, 2.75) is 26.0 Å². The van der Waals surface area contributed by atoms with Crippen LogP contribution in [0.4, 0.5) is 8.78 Å². The summed E-state index contributed by atoms with van der Waals surface area (Å²) >= 11 is 0. The van der Waals surface area contributed by atoms with Crippen LogP contribution in [-0.2, 0) is 0 Å². The summed E-state index contributed by atoms with van der Waals surface area (Å²) in [4.78, 5) is 11.8. The molecule has 0 saturated carbocycles. The van der Waals surface area contributed by atoms with Crippen molar-refractivity contribution in [3.05, 3.63) is 29.8 Å². The lowest BCUT2D eigenvalue weighted by atomic mass is 10.1. The third kappa shape index (κ3) is 4.01. The Balaban J connectivity index is 2.82. The number of hydrogen-bond acceptors (Lipinski definition) is 3. The van der Waals surface area contributed by atoms with Gasteiger partial charge in [-0.25, -0.2) is 0 Å². The van der Waals surface area contributed by atoms with Crippen molar-refractivity contribution in [2.24, 2.45) is 0 Å². The minimum atomic E-state index is -2.99. The number of benzene rings is 1. The van der Waals surface area contributed by atoms with Gasteiger partial charge in [-0.2, -0.15) is 14.0 Å². The molecule has 18 heavy (non-hydrogen) atoms. The molecule has 0 aromatic heterocycles. The predicted octanol–water partition coefficient (Wildman–Crippen LogP) is 2.32. The largest absolute Gasteiger partial charge is 0.434 e. The number of para-hydroxylation sites is 1. The van der Waals surface area contributed by atoms with Gasteiger partial charge in [0.15, 0.2) is 0 Å². The van der Waals surface area contributed by atoms with Gasteiger partial charge in [-0.3, -0.25) is 4.79 Å². The fraction of sp³-hybridized carbons (Fsp3) is 0.333. The standard InChI is InChI=1S/C12H12F2N2O2/c1-8(6-7-15)16-11(17)9-4-2-3-5-10(9)18-12(13)14/h2-5,8,12H,6H2,1H3,(H,16,17). The van der Waals surface area contributed by atoms with Gasteiger partial charge in [0.05, 0.1) is 18.1 Å². The van der Waals surface area contributed by atoms with E-state index in [0.29, 0.717) is 0 Å². The second kappa shape index (κ2) is 6.55.